The Balaban J connectivity index is 1.43. The molecule has 0 aliphatic heterocycles. The minimum Gasteiger partial charge on any atom is -0.382 e. The molecule has 4 aliphatic carbocycles. The Hall–Kier alpha value is -2.63. The van der Waals surface area contributed by atoms with Crippen molar-refractivity contribution in [3.8, 4) is 0 Å². The number of allylic oxidation sites excluding steroid dienone is 4. The van der Waals surface area contributed by atoms with Gasteiger partial charge in [-0.25, -0.2) is 0 Å². The van der Waals surface area contributed by atoms with Crippen LogP contribution >= 0.6 is 0 Å². The number of ketones is 3. The summed E-state index contributed by atoms with van der Waals surface area (Å²) in [6, 6.07) is 5.26. The number of hydrogen-bond acceptors (Lipinski definition) is 5. The molecule has 0 amide bonds. The fraction of sp³-hybridized carbons (Fsp3) is 0.444. The molecule has 166 valence electrons. The molecule has 0 spiro atoms. The summed E-state index contributed by atoms with van der Waals surface area (Å²) in [5.41, 5.74) is 0.437. The fourth-order valence-corrected chi connectivity index (χ4v) is 5.63. The first-order chi connectivity index (χ1) is 15.3. The Morgan fingerprint density at radius 1 is 0.750 bits per heavy atom. The summed E-state index contributed by atoms with van der Waals surface area (Å²) < 4.78 is 0. The molecule has 1 aromatic rings. The van der Waals surface area contributed by atoms with Gasteiger partial charge in [0.15, 0.2) is 17.3 Å². The topological polar surface area (TPSA) is 91.7 Å². The quantitative estimate of drug-likeness (QED) is 0.552. The summed E-state index contributed by atoms with van der Waals surface area (Å²) in [6.07, 6.45) is 12.0. The molecule has 5 heteroatoms. The van der Waals surface area contributed by atoms with Crippen LogP contribution in [0.2, 0.25) is 0 Å². The lowest BCUT2D eigenvalue weighted by Gasteiger charge is -2.31. The highest BCUT2D eigenvalue weighted by molar-refractivity contribution is 6.36. The van der Waals surface area contributed by atoms with E-state index in [1.807, 2.05) is 6.07 Å². The van der Waals surface area contributed by atoms with E-state index in [1.54, 1.807) is 24.3 Å². The summed E-state index contributed by atoms with van der Waals surface area (Å²) in [5.74, 6) is -1.12. The third-order valence-corrected chi connectivity index (χ3v) is 7.55. The largest absolute Gasteiger partial charge is 0.382 e. The Labute approximate surface area is 187 Å². The lowest BCUT2D eigenvalue weighted by molar-refractivity contribution is -0.137. The van der Waals surface area contributed by atoms with Crippen molar-refractivity contribution < 1.29 is 24.6 Å². The van der Waals surface area contributed by atoms with E-state index in [2.05, 4.69) is 0 Å². The van der Waals surface area contributed by atoms with E-state index in [-0.39, 0.29) is 17.1 Å². The molecule has 0 unspecified atom stereocenters. The molecule has 5 nitrogen and oxygen atoms in total. The van der Waals surface area contributed by atoms with Crippen molar-refractivity contribution in [1.82, 2.24) is 0 Å². The Morgan fingerprint density at radius 2 is 1.34 bits per heavy atom. The molecule has 2 fully saturated rings. The zero-order chi connectivity index (χ0) is 22.5. The summed E-state index contributed by atoms with van der Waals surface area (Å²) in [6.45, 7) is 0. The molecule has 2 saturated carbocycles. The highest BCUT2D eigenvalue weighted by Gasteiger charge is 2.43. The SMILES string of the molecule is O=C1C(C(=O)C2(O)CCCCC2)=CC=C2C1=Cc1cc(C(=O)C3(O)CCCCC3)ccc12. The number of rotatable bonds is 4. The van der Waals surface area contributed by atoms with Crippen LogP contribution in [0.25, 0.3) is 11.6 Å². The van der Waals surface area contributed by atoms with Crippen LogP contribution in [0.5, 0.6) is 0 Å². The van der Waals surface area contributed by atoms with Gasteiger partial charge in [0.05, 0.1) is 5.57 Å². The average molecular weight is 433 g/mol. The summed E-state index contributed by atoms with van der Waals surface area (Å²) in [5, 5.41) is 21.7. The highest BCUT2D eigenvalue weighted by Crippen LogP contribution is 2.42. The predicted molar refractivity (Wildman–Crippen MR) is 121 cm³/mol. The molecule has 5 rings (SSSR count). The van der Waals surface area contributed by atoms with Crippen molar-refractivity contribution in [3.05, 3.63) is 58.2 Å². The first kappa shape index (κ1) is 21.2. The van der Waals surface area contributed by atoms with Crippen LogP contribution < -0.4 is 0 Å². The van der Waals surface area contributed by atoms with Crippen LogP contribution in [-0.2, 0) is 9.59 Å². The van der Waals surface area contributed by atoms with Crippen LogP contribution in [0.4, 0.5) is 0 Å². The minimum atomic E-state index is -1.45. The second kappa shape index (κ2) is 7.75. The third kappa shape index (κ3) is 3.35. The molecule has 32 heavy (non-hydrogen) atoms. The van der Waals surface area contributed by atoms with E-state index in [9.17, 15) is 24.6 Å². The Kier molecular flexibility index (Phi) is 5.14. The van der Waals surface area contributed by atoms with Crippen LogP contribution in [0.3, 0.4) is 0 Å². The van der Waals surface area contributed by atoms with Gasteiger partial charge in [0.1, 0.15) is 11.2 Å². The second-order valence-electron chi connectivity index (χ2n) is 9.69. The van der Waals surface area contributed by atoms with Crippen LogP contribution in [0.15, 0.2) is 41.5 Å². The molecule has 0 saturated heterocycles. The third-order valence-electron chi connectivity index (χ3n) is 7.55. The van der Waals surface area contributed by atoms with Gasteiger partial charge in [0.2, 0.25) is 0 Å². The first-order valence-corrected chi connectivity index (χ1v) is 11.7. The lowest BCUT2D eigenvalue weighted by atomic mass is 9.76. The summed E-state index contributed by atoms with van der Waals surface area (Å²) >= 11 is 0. The number of carbonyl (C=O) groups excluding carboxylic acids is 3. The van der Waals surface area contributed by atoms with Crippen molar-refractivity contribution in [3.63, 3.8) is 0 Å². The fourth-order valence-electron chi connectivity index (χ4n) is 5.63. The van der Waals surface area contributed by atoms with Gasteiger partial charge >= 0.3 is 0 Å². The Morgan fingerprint density at radius 3 is 1.97 bits per heavy atom. The summed E-state index contributed by atoms with van der Waals surface area (Å²) in [4.78, 5) is 39.3. The molecule has 0 heterocycles. The van der Waals surface area contributed by atoms with Gasteiger partial charge in [0, 0.05) is 11.1 Å². The number of aliphatic hydroxyl groups is 2. The number of Topliss-reactive ketones (excluding diaryl/α,β-unsaturated/α-hetero) is 3. The molecule has 0 bridgehead atoms. The van der Waals surface area contributed by atoms with Crippen LogP contribution in [-0.4, -0.2) is 38.8 Å². The van der Waals surface area contributed by atoms with Gasteiger partial charge in [-0.2, -0.15) is 0 Å². The van der Waals surface area contributed by atoms with Gasteiger partial charge in [0.25, 0.3) is 0 Å². The normalized spacial score (nSPS) is 23.4. The van der Waals surface area contributed by atoms with Gasteiger partial charge in [-0.05, 0) is 60.6 Å². The van der Waals surface area contributed by atoms with Crippen LogP contribution in [0.1, 0.15) is 85.7 Å². The van der Waals surface area contributed by atoms with Crippen molar-refractivity contribution in [1.29, 1.82) is 0 Å². The van der Waals surface area contributed by atoms with Crippen molar-refractivity contribution in [2.24, 2.45) is 0 Å². The number of hydrogen-bond donors (Lipinski definition) is 2. The molecule has 2 N–H and O–H groups in total. The maximum atomic E-state index is 13.2. The minimum absolute atomic E-state index is 0.0324. The van der Waals surface area contributed by atoms with Crippen molar-refractivity contribution in [2.45, 2.75) is 75.4 Å². The van der Waals surface area contributed by atoms with Crippen LogP contribution in [0, 0.1) is 0 Å². The smallest absolute Gasteiger partial charge is 0.198 e. The number of carbonyl (C=O) groups is 3. The van der Waals surface area contributed by atoms with E-state index in [1.165, 1.54) is 6.08 Å². The molecule has 1 aromatic carbocycles. The maximum absolute atomic E-state index is 13.2. The van der Waals surface area contributed by atoms with E-state index in [4.69, 9.17) is 0 Å². The summed E-state index contributed by atoms with van der Waals surface area (Å²) in [7, 11) is 0. The molecule has 0 atom stereocenters. The number of benzene rings is 1. The molecule has 0 aromatic heterocycles. The molecular weight excluding hydrogens is 404 g/mol. The molecule has 4 aliphatic rings. The second-order valence-corrected chi connectivity index (χ2v) is 9.69. The van der Waals surface area contributed by atoms with E-state index in [0.29, 0.717) is 36.8 Å². The van der Waals surface area contributed by atoms with E-state index < -0.39 is 17.0 Å². The lowest BCUT2D eigenvalue weighted by Crippen LogP contribution is -2.43. The average Bonchev–Trinajstić information content (AvgIpc) is 3.18. The zero-order valence-electron chi connectivity index (χ0n) is 18.2. The standard InChI is InChI=1S/C27H28O5/c28-23-21(25(30)27(32)13-5-2-6-14-27)10-9-20-19-8-7-17(15-18(19)16-22(20)23)24(29)26(31)11-3-1-4-12-26/h7-10,15-16,31-32H,1-6,11-14H2. The van der Waals surface area contributed by atoms with Gasteiger partial charge < -0.3 is 10.2 Å². The maximum Gasteiger partial charge on any atom is 0.198 e. The highest BCUT2D eigenvalue weighted by atomic mass is 16.3. The zero-order valence-corrected chi connectivity index (χ0v) is 18.2. The predicted octanol–water partition coefficient (Wildman–Crippen LogP) is 4.12. The van der Waals surface area contributed by atoms with E-state index >= 15 is 0 Å². The Bertz CT molecular complexity index is 1100. The first-order valence-electron chi connectivity index (χ1n) is 11.7. The molecule has 0 radical (unpaired) electrons. The van der Waals surface area contributed by atoms with E-state index in [0.717, 1.165) is 55.2 Å². The van der Waals surface area contributed by atoms with Crippen molar-refractivity contribution >= 4 is 29.0 Å². The van der Waals surface area contributed by atoms with Gasteiger partial charge in [-0.1, -0.05) is 56.7 Å². The monoisotopic (exact) mass is 432 g/mol. The van der Waals surface area contributed by atoms with Gasteiger partial charge in [-0.3, -0.25) is 14.4 Å². The van der Waals surface area contributed by atoms with Gasteiger partial charge in [-0.15, -0.1) is 0 Å². The number of fused-ring (bicyclic) bond motifs is 3. The molecular formula is C27H28O5. The van der Waals surface area contributed by atoms with Crippen molar-refractivity contribution in [2.75, 3.05) is 0 Å².